The summed E-state index contributed by atoms with van der Waals surface area (Å²) in [7, 11) is 0. The summed E-state index contributed by atoms with van der Waals surface area (Å²) in [6, 6.07) is 27.4. The summed E-state index contributed by atoms with van der Waals surface area (Å²) in [5, 5.41) is 2.85. The normalized spacial score (nSPS) is 12.2. The van der Waals surface area contributed by atoms with Gasteiger partial charge in [-0.1, -0.05) is 36.4 Å². The lowest BCUT2D eigenvalue weighted by molar-refractivity contribution is 0.0988. The van der Waals surface area contributed by atoms with E-state index in [-0.39, 0.29) is 17.7 Å². The molecule has 6 nitrogen and oxygen atoms in total. The fraction of sp³-hybridized carbons (Fsp3) is 0.0741. The van der Waals surface area contributed by atoms with Crippen LogP contribution in [0.2, 0.25) is 0 Å². The van der Waals surface area contributed by atoms with Gasteiger partial charge in [0.1, 0.15) is 11.3 Å². The number of aromatic nitrogens is 1. The molecule has 0 saturated heterocycles. The van der Waals surface area contributed by atoms with Gasteiger partial charge in [0.25, 0.3) is 11.8 Å². The number of rotatable bonds is 5. The molecular weight excluding hydrogens is 414 g/mol. The standard InChI is InChI=1S/C27H21N3O3/c31-25(23-10-6-17-28-26(23)33-22-8-2-1-3-9-22)29-21-14-12-20(13-15-21)27(32)30-18-16-19-7-4-5-11-24(19)30/h1-15,17H,16,18H2,(H,29,31). The zero-order chi connectivity index (χ0) is 22.6. The molecule has 1 aromatic heterocycles. The number of carbonyl (C=O) groups is 2. The van der Waals surface area contributed by atoms with E-state index >= 15 is 0 Å². The Morgan fingerprint density at radius 3 is 2.42 bits per heavy atom. The molecule has 5 rings (SSSR count). The number of carbonyl (C=O) groups excluding carboxylic acids is 2. The predicted molar refractivity (Wildman–Crippen MR) is 127 cm³/mol. The fourth-order valence-electron chi connectivity index (χ4n) is 3.84. The largest absolute Gasteiger partial charge is 0.438 e. The van der Waals surface area contributed by atoms with E-state index < -0.39 is 0 Å². The first-order chi connectivity index (χ1) is 16.2. The molecule has 0 atom stereocenters. The number of amides is 2. The number of benzene rings is 3. The van der Waals surface area contributed by atoms with E-state index in [1.54, 1.807) is 59.6 Å². The molecule has 4 aromatic rings. The number of anilines is 2. The smallest absolute Gasteiger partial charge is 0.261 e. The van der Waals surface area contributed by atoms with Gasteiger partial charge in [0, 0.05) is 29.7 Å². The van der Waals surface area contributed by atoms with Crippen molar-refractivity contribution in [3.8, 4) is 11.6 Å². The van der Waals surface area contributed by atoms with Crippen molar-refractivity contribution in [2.24, 2.45) is 0 Å². The van der Waals surface area contributed by atoms with Crippen LogP contribution in [-0.2, 0) is 6.42 Å². The third-order valence-electron chi connectivity index (χ3n) is 5.50. The van der Waals surface area contributed by atoms with Gasteiger partial charge in [0.15, 0.2) is 0 Å². The van der Waals surface area contributed by atoms with Crippen LogP contribution < -0.4 is 15.0 Å². The van der Waals surface area contributed by atoms with Crippen LogP contribution in [0.25, 0.3) is 0 Å². The summed E-state index contributed by atoms with van der Waals surface area (Å²) < 4.78 is 5.78. The number of para-hydroxylation sites is 2. The Bertz CT molecular complexity index is 1300. The molecule has 1 aliphatic rings. The third kappa shape index (κ3) is 4.32. The lowest BCUT2D eigenvalue weighted by atomic mass is 10.1. The van der Waals surface area contributed by atoms with E-state index in [9.17, 15) is 9.59 Å². The summed E-state index contributed by atoms with van der Waals surface area (Å²) >= 11 is 0. The Morgan fingerprint density at radius 1 is 0.848 bits per heavy atom. The van der Waals surface area contributed by atoms with Crippen molar-refractivity contribution in [3.05, 3.63) is 114 Å². The highest BCUT2D eigenvalue weighted by atomic mass is 16.5. The van der Waals surface area contributed by atoms with Gasteiger partial charge in [-0.25, -0.2) is 4.98 Å². The lowest BCUT2D eigenvalue weighted by Crippen LogP contribution is -2.28. The van der Waals surface area contributed by atoms with Gasteiger partial charge in [0.05, 0.1) is 0 Å². The highest BCUT2D eigenvalue weighted by Crippen LogP contribution is 2.29. The molecular formula is C27H21N3O3. The summed E-state index contributed by atoms with van der Waals surface area (Å²) in [4.78, 5) is 31.9. The summed E-state index contributed by atoms with van der Waals surface area (Å²) in [5.74, 6) is 0.419. The van der Waals surface area contributed by atoms with Crippen molar-refractivity contribution in [1.29, 1.82) is 0 Å². The van der Waals surface area contributed by atoms with E-state index in [1.165, 1.54) is 5.56 Å². The molecule has 6 heteroatoms. The van der Waals surface area contributed by atoms with Crippen molar-refractivity contribution in [1.82, 2.24) is 4.98 Å². The minimum atomic E-state index is -0.346. The molecule has 2 amide bonds. The van der Waals surface area contributed by atoms with Crippen molar-refractivity contribution in [2.75, 3.05) is 16.8 Å². The van der Waals surface area contributed by atoms with Gasteiger partial charge in [-0.3, -0.25) is 9.59 Å². The van der Waals surface area contributed by atoms with E-state index in [0.717, 1.165) is 12.1 Å². The first-order valence-electron chi connectivity index (χ1n) is 10.7. The number of ether oxygens (including phenoxy) is 1. The van der Waals surface area contributed by atoms with Crippen LogP contribution >= 0.6 is 0 Å². The first-order valence-corrected chi connectivity index (χ1v) is 10.7. The minimum absolute atomic E-state index is 0.0522. The van der Waals surface area contributed by atoms with Crippen molar-refractivity contribution in [2.45, 2.75) is 6.42 Å². The van der Waals surface area contributed by atoms with Gasteiger partial charge in [-0.05, 0) is 66.6 Å². The van der Waals surface area contributed by atoms with E-state index in [1.807, 2.05) is 36.4 Å². The van der Waals surface area contributed by atoms with E-state index in [0.29, 0.717) is 29.1 Å². The van der Waals surface area contributed by atoms with Gasteiger partial charge in [-0.2, -0.15) is 0 Å². The zero-order valence-corrected chi connectivity index (χ0v) is 17.8. The molecule has 3 aromatic carbocycles. The quantitative estimate of drug-likeness (QED) is 0.460. The Hall–Kier alpha value is -4.45. The van der Waals surface area contributed by atoms with E-state index in [2.05, 4.69) is 16.4 Å². The molecule has 162 valence electrons. The van der Waals surface area contributed by atoms with Crippen LogP contribution in [0.5, 0.6) is 11.6 Å². The molecule has 1 N–H and O–H groups in total. The van der Waals surface area contributed by atoms with Gasteiger partial charge in [0.2, 0.25) is 5.88 Å². The number of fused-ring (bicyclic) bond motifs is 1. The molecule has 33 heavy (non-hydrogen) atoms. The van der Waals surface area contributed by atoms with Crippen LogP contribution in [0, 0.1) is 0 Å². The van der Waals surface area contributed by atoms with Crippen molar-refractivity contribution in [3.63, 3.8) is 0 Å². The maximum atomic E-state index is 13.0. The first kappa shape index (κ1) is 20.5. The molecule has 0 spiro atoms. The summed E-state index contributed by atoms with van der Waals surface area (Å²) in [6.45, 7) is 0.669. The van der Waals surface area contributed by atoms with Gasteiger partial charge < -0.3 is 15.0 Å². The van der Waals surface area contributed by atoms with Crippen molar-refractivity contribution >= 4 is 23.2 Å². The molecule has 0 bridgehead atoms. The number of nitrogens with one attached hydrogen (secondary N) is 1. The fourth-order valence-corrected chi connectivity index (χ4v) is 3.84. The van der Waals surface area contributed by atoms with E-state index in [4.69, 9.17) is 4.74 Å². The van der Waals surface area contributed by atoms with Crippen molar-refractivity contribution < 1.29 is 14.3 Å². The van der Waals surface area contributed by atoms with Crippen LogP contribution in [0.4, 0.5) is 11.4 Å². The van der Waals surface area contributed by atoms with Crippen LogP contribution in [-0.4, -0.2) is 23.3 Å². The SMILES string of the molecule is O=C(Nc1ccc(C(=O)N2CCc3ccccc32)cc1)c1cccnc1Oc1ccccc1. The second-order valence-electron chi connectivity index (χ2n) is 7.64. The molecule has 0 saturated carbocycles. The second kappa shape index (κ2) is 8.96. The minimum Gasteiger partial charge on any atom is -0.438 e. The Morgan fingerprint density at radius 2 is 1.61 bits per heavy atom. The Kier molecular flexibility index (Phi) is 5.55. The number of hydrogen-bond donors (Lipinski definition) is 1. The maximum Gasteiger partial charge on any atom is 0.261 e. The summed E-state index contributed by atoms with van der Waals surface area (Å²) in [5.41, 5.74) is 3.60. The average molecular weight is 435 g/mol. The topological polar surface area (TPSA) is 71.5 Å². The Labute approximate surface area is 191 Å². The average Bonchev–Trinajstić information content (AvgIpc) is 3.29. The Balaban J connectivity index is 1.29. The van der Waals surface area contributed by atoms with Crippen LogP contribution in [0.1, 0.15) is 26.3 Å². The van der Waals surface area contributed by atoms with Gasteiger partial charge in [-0.15, -0.1) is 0 Å². The predicted octanol–water partition coefficient (Wildman–Crippen LogP) is 5.33. The third-order valence-corrected chi connectivity index (χ3v) is 5.50. The highest BCUT2D eigenvalue weighted by molar-refractivity contribution is 6.08. The molecule has 1 aliphatic heterocycles. The van der Waals surface area contributed by atoms with Crippen LogP contribution in [0.3, 0.4) is 0 Å². The monoisotopic (exact) mass is 435 g/mol. The number of nitrogens with zero attached hydrogens (tertiary/aromatic N) is 2. The lowest BCUT2D eigenvalue weighted by Gasteiger charge is -2.17. The van der Waals surface area contributed by atoms with Gasteiger partial charge >= 0.3 is 0 Å². The number of pyridine rings is 1. The molecule has 0 unspecified atom stereocenters. The van der Waals surface area contributed by atoms with Crippen LogP contribution in [0.15, 0.2) is 97.2 Å². The zero-order valence-electron chi connectivity index (χ0n) is 17.8. The summed E-state index contributed by atoms with van der Waals surface area (Å²) in [6.07, 6.45) is 2.43. The highest BCUT2D eigenvalue weighted by Gasteiger charge is 2.25. The molecule has 0 aliphatic carbocycles. The molecule has 0 radical (unpaired) electrons. The molecule has 0 fully saturated rings. The number of hydrogen-bond acceptors (Lipinski definition) is 4. The maximum absolute atomic E-state index is 13.0. The molecule has 2 heterocycles. The second-order valence-corrected chi connectivity index (χ2v) is 7.64.